The van der Waals surface area contributed by atoms with Crippen molar-refractivity contribution in [1.29, 1.82) is 0 Å². The van der Waals surface area contributed by atoms with E-state index in [0.29, 0.717) is 11.6 Å². The smallest absolute Gasteiger partial charge is 0.254 e. The second kappa shape index (κ2) is 8.47. The Labute approximate surface area is 155 Å². The molecule has 1 atom stereocenters. The lowest BCUT2D eigenvalue weighted by atomic mass is 10.0. The molecule has 1 N–H and O–H groups in total. The van der Waals surface area contributed by atoms with Gasteiger partial charge in [0, 0.05) is 25.8 Å². The van der Waals surface area contributed by atoms with Gasteiger partial charge >= 0.3 is 0 Å². The standard InChI is InChI=1S/C20H29N5O/c1-23-11-9-18(10-12-23)24(2)15-19(16-7-5-4-6-8-16)22-20(26)17-13-21-25(3)14-17/h4-8,13-14,18-19H,9-12,15H2,1-3H3,(H,22,26)/t19-/m0/s1. The van der Waals surface area contributed by atoms with Crippen molar-refractivity contribution in [1.82, 2.24) is 24.9 Å². The van der Waals surface area contributed by atoms with Crippen LogP contribution >= 0.6 is 0 Å². The van der Waals surface area contributed by atoms with Gasteiger partial charge in [0.25, 0.3) is 5.91 Å². The molecule has 0 bridgehead atoms. The van der Waals surface area contributed by atoms with Gasteiger partial charge in [-0.3, -0.25) is 9.48 Å². The molecule has 6 heteroatoms. The van der Waals surface area contributed by atoms with E-state index in [0.717, 1.165) is 25.2 Å². The van der Waals surface area contributed by atoms with E-state index in [1.165, 1.54) is 12.8 Å². The van der Waals surface area contributed by atoms with Crippen LogP contribution in [-0.4, -0.2) is 65.3 Å². The van der Waals surface area contributed by atoms with Crippen LogP contribution in [0.15, 0.2) is 42.7 Å². The zero-order valence-electron chi connectivity index (χ0n) is 15.9. The van der Waals surface area contributed by atoms with E-state index in [9.17, 15) is 4.79 Å². The first-order valence-electron chi connectivity index (χ1n) is 9.26. The van der Waals surface area contributed by atoms with E-state index in [-0.39, 0.29) is 11.9 Å². The number of nitrogens with zero attached hydrogens (tertiary/aromatic N) is 4. The van der Waals surface area contributed by atoms with Gasteiger partial charge in [0.15, 0.2) is 0 Å². The summed E-state index contributed by atoms with van der Waals surface area (Å²) >= 11 is 0. The summed E-state index contributed by atoms with van der Waals surface area (Å²) in [4.78, 5) is 17.4. The molecular formula is C20H29N5O. The maximum atomic E-state index is 12.7. The highest BCUT2D eigenvalue weighted by Crippen LogP contribution is 2.20. The summed E-state index contributed by atoms with van der Waals surface area (Å²) in [5.41, 5.74) is 1.72. The number of carbonyl (C=O) groups excluding carboxylic acids is 1. The van der Waals surface area contributed by atoms with E-state index < -0.39 is 0 Å². The van der Waals surface area contributed by atoms with E-state index in [1.807, 2.05) is 25.2 Å². The van der Waals surface area contributed by atoms with Crippen LogP contribution in [0.1, 0.15) is 34.8 Å². The Hall–Kier alpha value is -2.18. The van der Waals surface area contributed by atoms with Gasteiger partial charge in [0.05, 0.1) is 17.8 Å². The number of amides is 1. The monoisotopic (exact) mass is 355 g/mol. The zero-order chi connectivity index (χ0) is 18.5. The van der Waals surface area contributed by atoms with Gasteiger partial charge in [-0.15, -0.1) is 0 Å². The Morgan fingerprint density at radius 1 is 1.27 bits per heavy atom. The normalized spacial score (nSPS) is 17.4. The fourth-order valence-corrected chi connectivity index (χ4v) is 3.57. The van der Waals surface area contributed by atoms with Crippen molar-refractivity contribution in [2.75, 3.05) is 33.7 Å². The fraction of sp³-hybridized carbons (Fsp3) is 0.500. The summed E-state index contributed by atoms with van der Waals surface area (Å²) in [6.07, 6.45) is 5.70. The highest BCUT2D eigenvalue weighted by atomic mass is 16.1. The maximum Gasteiger partial charge on any atom is 0.254 e. The molecule has 0 radical (unpaired) electrons. The number of nitrogens with one attached hydrogen (secondary N) is 1. The predicted molar refractivity (Wildman–Crippen MR) is 103 cm³/mol. The van der Waals surface area contributed by atoms with Crippen LogP contribution in [0.25, 0.3) is 0 Å². The van der Waals surface area contributed by atoms with Crippen molar-refractivity contribution in [3.05, 3.63) is 53.9 Å². The van der Waals surface area contributed by atoms with Gasteiger partial charge in [-0.1, -0.05) is 30.3 Å². The molecule has 1 aromatic carbocycles. The SMILES string of the molecule is CN1CCC(N(C)C[C@H](NC(=O)c2cnn(C)c2)c2ccccc2)CC1. The highest BCUT2D eigenvalue weighted by Gasteiger charge is 2.24. The molecule has 140 valence electrons. The quantitative estimate of drug-likeness (QED) is 0.860. The van der Waals surface area contributed by atoms with Crippen molar-refractivity contribution in [3.63, 3.8) is 0 Å². The van der Waals surface area contributed by atoms with Gasteiger partial charge in [-0.2, -0.15) is 5.10 Å². The number of hydrogen-bond donors (Lipinski definition) is 1. The number of aryl methyl sites for hydroxylation is 1. The minimum absolute atomic E-state index is 0.0476. The third-order valence-electron chi connectivity index (χ3n) is 5.26. The molecule has 1 aliphatic heterocycles. The number of hydrogen-bond acceptors (Lipinski definition) is 4. The van der Waals surface area contributed by atoms with Crippen LogP contribution < -0.4 is 5.32 Å². The predicted octanol–water partition coefficient (Wildman–Crippen LogP) is 1.92. The Kier molecular flexibility index (Phi) is 6.06. The first kappa shape index (κ1) is 18.6. The molecule has 6 nitrogen and oxygen atoms in total. The van der Waals surface area contributed by atoms with Gasteiger partial charge in [0.2, 0.25) is 0 Å². The Bertz CT molecular complexity index is 706. The van der Waals surface area contributed by atoms with Crippen molar-refractivity contribution in [2.45, 2.75) is 24.9 Å². The van der Waals surface area contributed by atoms with E-state index in [1.54, 1.807) is 17.1 Å². The van der Waals surface area contributed by atoms with E-state index in [2.05, 4.69) is 46.4 Å². The molecule has 3 rings (SSSR count). The third-order valence-corrected chi connectivity index (χ3v) is 5.26. The Morgan fingerprint density at radius 2 is 1.96 bits per heavy atom. The molecule has 2 aromatic rings. The molecule has 1 aliphatic rings. The van der Waals surface area contributed by atoms with Crippen molar-refractivity contribution >= 4 is 5.91 Å². The molecule has 1 amide bonds. The van der Waals surface area contributed by atoms with Crippen molar-refractivity contribution in [2.24, 2.45) is 7.05 Å². The second-order valence-electron chi connectivity index (χ2n) is 7.31. The first-order valence-corrected chi connectivity index (χ1v) is 9.26. The molecule has 26 heavy (non-hydrogen) atoms. The molecule has 0 unspecified atom stereocenters. The molecule has 0 saturated carbocycles. The van der Waals surface area contributed by atoms with Crippen LogP contribution in [-0.2, 0) is 7.05 Å². The van der Waals surface area contributed by atoms with Crippen LogP contribution in [0.3, 0.4) is 0 Å². The topological polar surface area (TPSA) is 53.4 Å². The summed E-state index contributed by atoms with van der Waals surface area (Å²) in [6.45, 7) is 3.06. The third kappa shape index (κ3) is 4.71. The van der Waals surface area contributed by atoms with Gasteiger partial charge in [-0.25, -0.2) is 0 Å². The number of benzene rings is 1. The summed E-state index contributed by atoms with van der Waals surface area (Å²) in [5.74, 6) is -0.0799. The molecule has 1 fully saturated rings. The number of likely N-dealkylation sites (N-methyl/N-ethyl adjacent to an activating group) is 1. The largest absolute Gasteiger partial charge is 0.344 e. The van der Waals surface area contributed by atoms with Crippen LogP contribution in [0.4, 0.5) is 0 Å². The van der Waals surface area contributed by atoms with Gasteiger partial charge in [0.1, 0.15) is 0 Å². The minimum atomic E-state index is -0.0799. The lowest BCUT2D eigenvalue weighted by Crippen LogP contribution is -2.45. The lowest BCUT2D eigenvalue weighted by Gasteiger charge is -2.37. The number of rotatable bonds is 6. The van der Waals surface area contributed by atoms with Gasteiger partial charge in [-0.05, 0) is 45.6 Å². The molecule has 0 aliphatic carbocycles. The Morgan fingerprint density at radius 3 is 2.58 bits per heavy atom. The lowest BCUT2D eigenvalue weighted by molar-refractivity contribution is 0.0905. The average molecular weight is 355 g/mol. The van der Waals surface area contributed by atoms with Crippen LogP contribution in [0.5, 0.6) is 0 Å². The van der Waals surface area contributed by atoms with Crippen LogP contribution in [0, 0.1) is 0 Å². The summed E-state index contributed by atoms with van der Waals surface area (Å²) in [6, 6.07) is 10.7. The number of piperidine rings is 1. The summed E-state index contributed by atoms with van der Waals surface area (Å²) < 4.78 is 1.65. The first-order chi connectivity index (χ1) is 12.5. The van der Waals surface area contributed by atoms with Gasteiger partial charge < -0.3 is 15.1 Å². The fourth-order valence-electron chi connectivity index (χ4n) is 3.57. The molecule has 2 heterocycles. The van der Waals surface area contributed by atoms with Crippen molar-refractivity contribution in [3.8, 4) is 0 Å². The highest BCUT2D eigenvalue weighted by molar-refractivity contribution is 5.93. The number of aromatic nitrogens is 2. The van der Waals surface area contributed by atoms with E-state index >= 15 is 0 Å². The summed E-state index contributed by atoms with van der Waals surface area (Å²) in [5, 5.41) is 7.30. The molecule has 0 spiro atoms. The maximum absolute atomic E-state index is 12.7. The minimum Gasteiger partial charge on any atom is -0.344 e. The van der Waals surface area contributed by atoms with Crippen molar-refractivity contribution < 1.29 is 4.79 Å². The average Bonchev–Trinajstić information content (AvgIpc) is 3.09. The van der Waals surface area contributed by atoms with E-state index in [4.69, 9.17) is 0 Å². The Balaban J connectivity index is 1.70. The van der Waals surface area contributed by atoms with Crippen LogP contribution in [0.2, 0.25) is 0 Å². The number of likely N-dealkylation sites (tertiary alicyclic amines) is 1. The zero-order valence-corrected chi connectivity index (χ0v) is 15.9. The molecule has 1 saturated heterocycles. The number of carbonyl (C=O) groups is 1. The summed E-state index contributed by atoms with van der Waals surface area (Å²) in [7, 11) is 6.17. The molecular weight excluding hydrogens is 326 g/mol. The molecule has 1 aromatic heterocycles. The second-order valence-corrected chi connectivity index (χ2v) is 7.31.